The van der Waals surface area contributed by atoms with Crippen LogP contribution in [0.15, 0.2) is 12.1 Å². The number of hydrogen-bond donors (Lipinski definition) is 1. The van der Waals surface area contributed by atoms with Gasteiger partial charge in [-0.3, -0.25) is 10.1 Å². The van der Waals surface area contributed by atoms with E-state index >= 15 is 0 Å². The number of aromatic nitrogens is 1. The highest BCUT2D eigenvalue weighted by Gasteiger charge is 2.22. The van der Waals surface area contributed by atoms with Gasteiger partial charge in [0.15, 0.2) is 5.69 Å². The van der Waals surface area contributed by atoms with Gasteiger partial charge in [-0.25, -0.2) is 9.78 Å². The third-order valence-electron chi connectivity index (χ3n) is 3.59. The zero-order chi connectivity index (χ0) is 16.0. The van der Waals surface area contributed by atoms with Crippen LogP contribution in [0.4, 0.5) is 11.5 Å². The third-order valence-corrected chi connectivity index (χ3v) is 3.59. The molecular weight excluding hydrogens is 274 g/mol. The molecule has 1 N–H and O–H groups in total. The van der Waals surface area contributed by atoms with Crippen molar-refractivity contribution in [3.05, 3.63) is 27.9 Å². The van der Waals surface area contributed by atoms with Gasteiger partial charge in [-0.15, -0.1) is 0 Å². The molecule has 1 aromatic heterocycles. The van der Waals surface area contributed by atoms with Gasteiger partial charge >= 0.3 is 11.7 Å². The molecule has 7 heteroatoms. The Balaban J connectivity index is 3.11. The van der Waals surface area contributed by atoms with Gasteiger partial charge < -0.3 is 10.1 Å². The minimum atomic E-state index is -0.622. The first-order valence-corrected chi connectivity index (χ1v) is 6.94. The smallest absolute Gasteiger partial charge is 0.356 e. The molecule has 1 atom stereocenters. The topological polar surface area (TPSA) is 94.4 Å². The molecule has 116 valence electrons. The standard InChI is InChI=1S/C14H21N3O4/c1-5-10(6-2)9(3)15-13-12(17(19)20)8-7-11(16-13)14(18)21-4/h7-10H,5-6H2,1-4H3,(H,15,16). The molecule has 1 aromatic rings. The molecule has 0 saturated carbocycles. The molecule has 1 heterocycles. The summed E-state index contributed by atoms with van der Waals surface area (Å²) in [5.41, 5.74) is -0.109. The molecule has 0 spiro atoms. The van der Waals surface area contributed by atoms with Gasteiger partial charge in [-0.2, -0.15) is 0 Å². The molecule has 0 fully saturated rings. The maximum Gasteiger partial charge on any atom is 0.356 e. The van der Waals surface area contributed by atoms with Crippen LogP contribution in [-0.4, -0.2) is 29.0 Å². The van der Waals surface area contributed by atoms with E-state index in [1.54, 1.807) is 0 Å². The number of hydrogen-bond acceptors (Lipinski definition) is 6. The van der Waals surface area contributed by atoms with Crippen LogP contribution in [0.5, 0.6) is 0 Å². The van der Waals surface area contributed by atoms with E-state index in [0.29, 0.717) is 5.92 Å². The fourth-order valence-corrected chi connectivity index (χ4v) is 2.25. The molecular formula is C14H21N3O4. The zero-order valence-electron chi connectivity index (χ0n) is 12.8. The fourth-order valence-electron chi connectivity index (χ4n) is 2.25. The van der Waals surface area contributed by atoms with Crippen LogP contribution in [0.1, 0.15) is 44.1 Å². The summed E-state index contributed by atoms with van der Waals surface area (Å²) < 4.78 is 4.59. The Morgan fingerprint density at radius 1 is 1.43 bits per heavy atom. The Hall–Kier alpha value is -2.18. The second-order valence-corrected chi connectivity index (χ2v) is 4.82. The van der Waals surface area contributed by atoms with Crippen LogP contribution in [0.3, 0.4) is 0 Å². The molecule has 0 aliphatic carbocycles. The number of pyridine rings is 1. The minimum Gasteiger partial charge on any atom is -0.464 e. The van der Waals surface area contributed by atoms with Crippen LogP contribution >= 0.6 is 0 Å². The quantitative estimate of drug-likeness (QED) is 0.472. The van der Waals surface area contributed by atoms with Crippen LogP contribution in [0.25, 0.3) is 0 Å². The first-order chi connectivity index (χ1) is 9.94. The van der Waals surface area contributed by atoms with E-state index in [1.807, 2.05) is 6.92 Å². The first-order valence-electron chi connectivity index (χ1n) is 6.94. The maximum atomic E-state index is 11.5. The number of anilines is 1. The number of nitro groups is 1. The normalized spacial score (nSPS) is 12.0. The van der Waals surface area contributed by atoms with Gasteiger partial charge in [0.25, 0.3) is 0 Å². The van der Waals surface area contributed by atoms with Crippen LogP contribution in [0, 0.1) is 16.0 Å². The first kappa shape index (κ1) is 16.9. The van der Waals surface area contributed by atoms with Gasteiger partial charge in [0, 0.05) is 12.1 Å². The van der Waals surface area contributed by atoms with Crippen molar-refractivity contribution in [3.8, 4) is 0 Å². The van der Waals surface area contributed by atoms with Crippen LogP contribution < -0.4 is 5.32 Å². The Morgan fingerprint density at radius 3 is 2.52 bits per heavy atom. The summed E-state index contributed by atoms with van der Waals surface area (Å²) >= 11 is 0. The Kier molecular flexibility index (Phi) is 6.08. The molecule has 0 bridgehead atoms. The van der Waals surface area contributed by atoms with E-state index in [1.165, 1.54) is 19.2 Å². The molecule has 21 heavy (non-hydrogen) atoms. The number of nitrogens with one attached hydrogen (secondary N) is 1. The molecule has 1 rings (SSSR count). The summed E-state index contributed by atoms with van der Waals surface area (Å²) in [4.78, 5) is 26.1. The van der Waals surface area contributed by atoms with Crippen LogP contribution in [-0.2, 0) is 4.74 Å². The molecule has 0 aromatic carbocycles. The Labute approximate surface area is 123 Å². The lowest BCUT2D eigenvalue weighted by atomic mass is 9.95. The van der Waals surface area contributed by atoms with E-state index in [-0.39, 0.29) is 23.2 Å². The van der Waals surface area contributed by atoms with E-state index in [4.69, 9.17) is 0 Å². The largest absolute Gasteiger partial charge is 0.464 e. The third kappa shape index (κ3) is 4.14. The van der Waals surface area contributed by atoms with E-state index in [9.17, 15) is 14.9 Å². The van der Waals surface area contributed by atoms with Crippen molar-refractivity contribution in [2.75, 3.05) is 12.4 Å². The number of carbonyl (C=O) groups excluding carboxylic acids is 1. The highest BCUT2D eigenvalue weighted by atomic mass is 16.6. The maximum absolute atomic E-state index is 11.5. The molecule has 0 aliphatic rings. The summed E-state index contributed by atoms with van der Waals surface area (Å²) in [5.74, 6) is -0.154. The fraction of sp³-hybridized carbons (Fsp3) is 0.571. The van der Waals surface area contributed by atoms with Crippen LogP contribution in [0.2, 0.25) is 0 Å². The number of rotatable bonds is 7. The molecule has 7 nitrogen and oxygen atoms in total. The van der Waals surface area contributed by atoms with Crippen molar-refractivity contribution in [2.45, 2.75) is 39.7 Å². The van der Waals surface area contributed by atoms with Gasteiger partial charge in [-0.1, -0.05) is 26.7 Å². The number of carbonyl (C=O) groups is 1. The summed E-state index contributed by atoms with van der Waals surface area (Å²) in [6, 6.07) is 2.57. The van der Waals surface area contributed by atoms with Gasteiger partial charge in [0.2, 0.25) is 5.82 Å². The van der Waals surface area contributed by atoms with Crippen molar-refractivity contribution in [2.24, 2.45) is 5.92 Å². The minimum absolute atomic E-state index is 0.0131. The van der Waals surface area contributed by atoms with E-state index < -0.39 is 10.9 Å². The summed E-state index contributed by atoms with van der Waals surface area (Å²) in [6.07, 6.45) is 1.91. The summed E-state index contributed by atoms with van der Waals surface area (Å²) in [5, 5.41) is 14.1. The number of nitrogens with zero attached hydrogens (tertiary/aromatic N) is 2. The summed E-state index contributed by atoms with van der Waals surface area (Å²) in [7, 11) is 1.24. The lowest BCUT2D eigenvalue weighted by Crippen LogP contribution is -2.26. The van der Waals surface area contributed by atoms with Crippen molar-refractivity contribution >= 4 is 17.5 Å². The average Bonchev–Trinajstić information content (AvgIpc) is 2.47. The van der Waals surface area contributed by atoms with E-state index in [2.05, 4.69) is 28.9 Å². The highest BCUT2D eigenvalue weighted by molar-refractivity contribution is 5.88. The van der Waals surface area contributed by atoms with Crippen molar-refractivity contribution in [1.82, 2.24) is 4.98 Å². The zero-order valence-corrected chi connectivity index (χ0v) is 12.8. The second-order valence-electron chi connectivity index (χ2n) is 4.82. The Morgan fingerprint density at radius 2 is 2.05 bits per heavy atom. The number of esters is 1. The van der Waals surface area contributed by atoms with E-state index in [0.717, 1.165) is 12.8 Å². The van der Waals surface area contributed by atoms with Crippen molar-refractivity contribution in [1.29, 1.82) is 0 Å². The second kappa shape index (κ2) is 7.56. The van der Waals surface area contributed by atoms with Gasteiger partial charge in [0.1, 0.15) is 0 Å². The monoisotopic (exact) mass is 295 g/mol. The highest BCUT2D eigenvalue weighted by Crippen LogP contribution is 2.25. The SMILES string of the molecule is CCC(CC)C(C)Nc1nc(C(=O)OC)ccc1[N+](=O)[O-]. The molecule has 0 aliphatic heterocycles. The molecule has 1 unspecified atom stereocenters. The molecule has 0 amide bonds. The summed E-state index contributed by atoms with van der Waals surface area (Å²) in [6.45, 7) is 6.09. The van der Waals surface area contributed by atoms with Gasteiger partial charge in [0.05, 0.1) is 12.0 Å². The lowest BCUT2D eigenvalue weighted by Gasteiger charge is -2.22. The lowest BCUT2D eigenvalue weighted by molar-refractivity contribution is -0.384. The van der Waals surface area contributed by atoms with Gasteiger partial charge in [-0.05, 0) is 18.9 Å². The predicted octanol–water partition coefficient (Wildman–Crippen LogP) is 3.01. The van der Waals surface area contributed by atoms with Crippen molar-refractivity contribution < 1.29 is 14.5 Å². The Bertz CT molecular complexity index is 515. The number of ether oxygens (including phenoxy) is 1. The predicted molar refractivity (Wildman–Crippen MR) is 79.4 cm³/mol. The average molecular weight is 295 g/mol. The number of methoxy groups -OCH3 is 1. The molecule has 0 radical (unpaired) electrons. The molecule has 0 saturated heterocycles. The van der Waals surface area contributed by atoms with Crippen molar-refractivity contribution in [3.63, 3.8) is 0 Å².